The molecule has 554 valence electrons. The van der Waals surface area contributed by atoms with Crippen LogP contribution in [0.3, 0.4) is 0 Å². The maximum absolute atomic E-state index is 15.3. The molecule has 0 aliphatic carbocycles. The lowest BCUT2D eigenvalue weighted by Crippen LogP contribution is -2.64. The minimum Gasteiger partial charge on any atom is -0.449 e. The summed E-state index contributed by atoms with van der Waals surface area (Å²) in [5.41, 5.74) is 0. The summed E-state index contributed by atoms with van der Waals surface area (Å²) in [6, 6.07) is -14.2. The van der Waals surface area contributed by atoms with Crippen LogP contribution in [0, 0.1) is 41.4 Å². The van der Waals surface area contributed by atoms with Gasteiger partial charge >= 0.3 is 6.09 Å². The van der Waals surface area contributed by atoms with E-state index in [-0.39, 0.29) is 69.3 Å². The second-order valence-corrected chi connectivity index (χ2v) is 29.3. The van der Waals surface area contributed by atoms with Crippen molar-refractivity contribution >= 4 is 71.1 Å². The second kappa shape index (κ2) is 39.6. The Balaban J connectivity index is 3.01. The van der Waals surface area contributed by atoms with Gasteiger partial charge in [-0.05, 0) is 121 Å². The van der Waals surface area contributed by atoms with Crippen LogP contribution in [-0.2, 0) is 57.5 Å². The van der Waals surface area contributed by atoms with E-state index in [0.29, 0.717) is 26.2 Å². The quantitative estimate of drug-likeness (QED) is 0.0970. The van der Waals surface area contributed by atoms with Crippen LogP contribution >= 0.6 is 0 Å². The molecule has 0 aromatic rings. The molecule has 2 saturated heterocycles. The van der Waals surface area contributed by atoms with E-state index in [4.69, 9.17) is 4.74 Å². The number of rotatable bonds is 18. The Morgan fingerprint density at radius 2 is 0.969 bits per heavy atom. The first-order chi connectivity index (χ1) is 45.0. The third-order valence-corrected chi connectivity index (χ3v) is 19.1. The standard InChI is InChI=1S/C70H125N13O14/c1-26-28-30-46(14)58(84)57-62(88)73-50(27-2)65(91)76(19)49(17)64(90)81(24)56(45(13)31-29-36-97-70(96)83-34-32-75(18)33-35-83)61(87)74-54(43(9)10)68(94)77(20)51(37-40(3)4)60(86)71-47(15)59(85)72-48(16)63(89)78(21)52(38-41(5)6)66(92)79(22)53(39-42(7)8)67(93)80(23)55(44(11)12)69(95)82(57)25/h26,28,40-58,84H,27,29-39H2,1-25H3,(H,71,86)(H,72,85)(H,73,88)(H,74,87)/b28-26+/t45-,46-,47+,48-,49-,50+,51+,52+,53+,54+,55+,56+,57+,58-/m1/s1. The van der Waals surface area contributed by atoms with E-state index in [1.54, 1.807) is 72.4 Å². The highest BCUT2D eigenvalue weighted by Crippen LogP contribution is 2.27. The van der Waals surface area contributed by atoms with E-state index in [1.165, 1.54) is 94.6 Å². The van der Waals surface area contributed by atoms with Crippen molar-refractivity contribution in [2.24, 2.45) is 41.4 Å². The fraction of sp³-hybridized carbons (Fsp3) is 0.800. The monoisotopic (exact) mass is 1370 g/mol. The number of aliphatic hydroxyl groups is 1. The molecule has 0 aromatic heterocycles. The second-order valence-electron chi connectivity index (χ2n) is 29.3. The number of nitrogens with one attached hydrogen (secondary N) is 4. The number of allylic oxidation sites excluding steroid dienone is 2. The first kappa shape index (κ1) is 86.2. The molecule has 2 rings (SSSR count). The summed E-state index contributed by atoms with van der Waals surface area (Å²) < 4.78 is 5.66. The Bertz CT molecular complexity index is 2700. The van der Waals surface area contributed by atoms with Crippen LogP contribution in [-0.4, -0.2) is 282 Å². The van der Waals surface area contributed by atoms with Crippen molar-refractivity contribution in [3.63, 3.8) is 0 Å². The van der Waals surface area contributed by atoms with Crippen LogP contribution in [0.15, 0.2) is 12.2 Å². The van der Waals surface area contributed by atoms with Gasteiger partial charge in [0.15, 0.2) is 0 Å². The molecular weight excluding hydrogens is 1250 g/mol. The summed E-state index contributed by atoms with van der Waals surface area (Å²) in [6.45, 7) is 31.6. The van der Waals surface area contributed by atoms with Gasteiger partial charge in [-0.25, -0.2) is 4.79 Å². The van der Waals surface area contributed by atoms with Crippen LogP contribution in [0.1, 0.15) is 163 Å². The number of carbonyl (C=O) groups excluding carboxylic acids is 12. The van der Waals surface area contributed by atoms with Crippen molar-refractivity contribution < 1.29 is 67.4 Å². The molecule has 2 heterocycles. The van der Waals surface area contributed by atoms with Crippen molar-refractivity contribution in [3.8, 4) is 0 Å². The van der Waals surface area contributed by atoms with Gasteiger partial charge < -0.3 is 75.2 Å². The summed E-state index contributed by atoms with van der Waals surface area (Å²) in [6.07, 6.45) is 2.73. The highest BCUT2D eigenvalue weighted by atomic mass is 16.6. The van der Waals surface area contributed by atoms with Gasteiger partial charge in [-0.1, -0.05) is 102 Å². The molecule has 2 fully saturated rings. The highest BCUT2D eigenvalue weighted by molar-refractivity contribution is 6.00. The summed E-state index contributed by atoms with van der Waals surface area (Å²) >= 11 is 0. The third kappa shape index (κ3) is 23.9. The van der Waals surface area contributed by atoms with Gasteiger partial charge in [0.1, 0.15) is 66.5 Å². The zero-order chi connectivity index (χ0) is 74.5. The van der Waals surface area contributed by atoms with Gasteiger partial charge in [-0.3, -0.25) is 52.7 Å². The topological polar surface area (TPSA) is 312 Å². The van der Waals surface area contributed by atoms with Crippen molar-refractivity contribution in [2.45, 2.75) is 235 Å². The number of hydrogen-bond acceptors (Lipinski definition) is 15. The largest absolute Gasteiger partial charge is 0.449 e. The Morgan fingerprint density at radius 1 is 0.505 bits per heavy atom. The summed E-state index contributed by atoms with van der Waals surface area (Å²) in [4.78, 5) is 189. The molecule has 0 saturated carbocycles. The van der Waals surface area contributed by atoms with Crippen LogP contribution in [0.2, 0.25) is 0 Å². The molecule has 0 unspecified atom stereocenters. The smallest absolute Gasteiger partial charge is 0.409 e. The predicted molar refractivity (Wildman–Crippen MR) is 372 cm³/mol. The Morgan fingerprint density at radius 3 is 1.46 bits per heavy atom. The maximum atomic E-state index is 15.3. The number of carbonyl (C=O) groups is 12. The van der Waals surface area contributed by atoms with Crippen molar-refractivity contribution in [2.75, 3.05) is 89.2 Å². The number of piperazine rings is 1. The minimum absolute atomic E-state index is 0.00543. The van der Waals surface area contributed by atoms with Crippen LogP contribution < -0.4 is 21.3 Å². The van der Waals surface area contributed by atoms with Crippen LogP contribution in [0.25, 0.3) is 0 Å². The fourth-order valence-corrected chi connectivity index (χ4v) is 12.6. The average Bonchev–Trinajstić information content (AvgIpc) is 0.832. The van der Waals surface area contributed by atoms with E-state index in [0.717, 1.165) is 9.80 Å². The fourth-order valence-electron chi connectivity index (χ4n) is 12.6. The van der Waals surface area contributed by atoms with E-state index in [9.17, 15) is 33.9 Å². The Hall–Kier alpha value is -6.90. The molecule has 5 N–H and O–H groups in total. The van der Waals surface area contributed by atoms with E-state index in [2.05, 4.69) is 26.2 Å². The highest BCUT2D eigenvalue weighted by Gasteiger charge is 2.46. The third-order valence-electron chi connectivity index (χ3n) is 19.1. The molecule has 2 aliphatic rings. The molecular formula is C70H125N13O14. The lowest BCUT2D eigenvalue weighted by molar-refractivity contribution is -0.157. The summed E-state index contributed by atoms with van der Waals surface area (Å²) in [5, 5.41) is 23.3. The van der Waals surface area contributed by atoms with Gasteiger partial charge in [0, 0.05) is 75.5 Å². The first-order valence-corrected chi connectivity index (χ1v) is 35.0. The SMILES string of the molecule is C/C=C/C[C@@H](C)[C@@H](O)[C@H]1C(=O)N[C@@H](CC)C(=O)N(C)[C@H](C)C(=O)N(C)[C@@H]([C@H](C)CCCOC(=O)N2CCN(C)CC2)C(=O)N[C@@H](C(C)C)C(=O)N(C)[C@@H](CC(C)C)C(=O)N[C@@H](C)C(=O)N[C@H](C)C(=O)N(C)[C@@H](CC(C)C)C(=O)N(C)[C@@H](CC(C)C)C(=O)N(C)[C@@H](C(C)C)C(=O)N1C. The minimum atomic E-state index is -1.65. The van der Waals surface area contributed by atoms with Gasteiger partial charge in [0.2, 0.25) is 65.0 Å². The van der Waals surface area contributed by atoms with Crippen LogP contribution in [0.4, 0.5) is 4.79 Å². The van der Waals surface area contributed by atoms with E-state index >= 15 is 28.8 Å². The van der Waals surface area contributed by atoms with Crippen molar-refractivity contribution in [1.82, 2.24) is 65.4 Å². The summed E-state index contributed by atoms with van der Waals surface area (Å²) in [7, 11) is 11.8. The molecule has 14 atom stereocenters. The van der Waals surface area contributed by atoms with E-state index < -0.39 is 167 Å². The molecule has 2 aliphatic heterocycles. The molecule has 27 heteroatoms. The zero-order valence-corrected chi connectivity index (χ0v) is 63.4. The lowest BCUT2D eigenvalue weighted by atomic mass is 9.91. The molecule has 0 aromatic carbocycles. The van der Waals surface area contributed by atoms with Crippen molar-refractivity contribution in [1.29, 1.82) is 0 Å². The summed E-state index contributed by atoms with van der Waals surface area (Å²) in [5.74, 6) is -10.9. The van der Waals surface area contributed by atoms with Crippen LogP contribution in [0.5, 0.6) is 0 Å². The number of likely N-dealkylation sites (N-methyl/N-ethyl adjacent to an activating group) is 8. The number of nitrogens with zero attached hydrogens (tertiary/aromatic N) is 9. The van der Waals surface area contributed by atoms with Gasteiger partial charge in [-0.2, -0.15) is 0 Å². The number of ether oxygens (including phenoxy) is 1. The average molecular weight is 1370 g/mol. The normalized spacial score (nSPS) is 27.2. The molecule has 12 amide bonds. The van der Waals surface area contributed by atoms with Gasteiger partial charge in [-0.15, -0.1) is 0 Å². The lowest BCUT2D eigenvalue weighted by Gasteiger charge is -2.41. The molecule has 97 heavy (non-hydrogen) atoms. The van der Waals surface area contributed by atoms with Crippen molar-refractivity contribution in [3.05, 3.63) is 12.2 Å². The molecule has 0 bridgehead atoms. The molecule has 27 nitrogen and oxygen atoms in total. The zero-order valence-electron chi connectivity index (χ0n) is 63.4. The first-order valence-electron chi connectivity index (χ1n) is 35.0. The number of aliphatic hydroxyl groups excluding tert-OH is 1. The maximum Gasteiger partial charge on any atom is 0.409 e. The molecule has 0 radical (unpaired) electrons. The van der Waals surface area contributed by atoms with E-state index in [1.807, 2.05) is 48.6 Å². The van der Waals surface area contributed by atoms with Gasteiger partial charge in [0.25, 0.3) is 0 Å². The Labute approximate surface area is 579 Å². The number of hydrogen-bond donors (Lipinski definition) is 5. The molecule has 0 spiro atoms. The number of amides is 12. The predicted octanol–water partition coefficient (Wildman–Crippen LogP) is 3.41. The van der Waals surface area contributed by atoms with Gasteiger partial charge in [0.05, 0.1) is 12.7 Å². The Kier molecular flexibility index (Phi) is 35.2.